The van der Waals surface area contributed by atoms with Crippen molar-refractivity contribution in [3.63, 3.8) is 0 Å². The number of hydrogen-bond donors (Lipinski definition) is 0. The normalized spacial score (nSPS) is 9.88. The summed E-state index contributed by atoms with van der Waals surface area (Å²) in [5.41, 5.74) is 1.09. The van der Waals surface area contributed by atoms with Crippen molar-refractivity contribution in [2.45, 2.75) is 39.5 Å². The van der Waals surface area contributed by atoms with Crippen molar-refractivity contribution in [2.24, 2.45) is 0 Å². The number of nitrogens with zero attached hydrogens (tertiary/aromatic N) is 1. The molecule has 0 amide bonds. The molecular formula is C56H44Cl2F10INP2PdPt. The molecule has 1 heterocycles. The van der Waals surface area contributed by atoms with Crippen LogP contribution in [0.5, 0.6) is 0 Å². The summed E-state index contributed by atoms with van der Waals surface area (Å²) in [6, 6.07) is 59.9. The third-order valence-corrected chi connectivity index (χ3v) is 13.2. The van der Waals surface area contributed by atoms with E-state index in [0.29, 0.717) is 0 Å². The molecule has 0 fully saturated rings. The zero-order valence-electron chi connectivity index (χ0n) is 39.1. The molecule has 0 saturated carbocycles. The summed E-state index contributed by atoms with van der Waals surface area (Å²) in [7, 11) is 0.623. The Balaban J connectivity index is 0.000000496. The maximum Gasteiger partial charge on any atom is 2.00 e. The maximum absolute atomic E-state index is 12.0. The van der Waals surface area contributed by atoms with Crippen LogP contribution in [-0.4, -0.2) is 10.3 Å². The molecule has 0 unspecified atom stereocenters. The predicted molar refractivity (Wildman–Crippen MR) is 274 cm³/mol. The first kappa shape index (κ1) is 68.3. The number of fused-ring (bicyclic) bond motifs is 3. The first-order valence-electron chi connectivity index (χ1n) is 21.7. The van der Waals surface area contributed by atoms with Crippen LogP contribution < -0.4 is 50.5 Å². The Morgan fingerprint density at radius 2 is 0.811 bits per heavy atom. The standard InChI is InChI=1S/C25H18NP.C12H10P.2C6F5.C6H14.CH2Cl2.HI.Pd.Pt/c1-3-11-21(12-4-1)27(22-13-5-2-6-14-22)23-15-7-9-19-16-17-20-10-8-18-26-25(20)24(19)23;1-3-7-11(8-4-1)13-12-9-5-2-6-10-12;2*7-2-1-3(8)5(10)6(11)4(2)9;1-3-5-6-4-2;2-1-3;;;/h1-18H;1-10H;;;3-6H2,1-2H3;1H2;1H;;/q;3*-1;;;;2*+2/p-1. The summed E-state index contributed by atoms with van der Waals surface area (Å²) >= 11 is 9.53. The summed E-state index contributed by atoms with van der Waals surface area (Å²) in [6.45, 7) is 4.46. The number of aromatic nitrogens is 1. The Labute approximate surface area is 483 Å². The van der Waals surface area contributed by atoms with Crippen molar-refractivity contribution in [2.75, 3.05) is 5.34 Å². The first-order chi connectivity index (χ1) is 34.3. The zero-order valence-corrected chi connectivity index (χ0v) is 48.4. The van der Waals surface area contributed by atoms with Gasteiger partial charge in [0.1, 0.15) is 0 Å². The third kappa shape index (κ3) is 21.0. The average Bonchev–Trinajstić information content (AvgIpc) is 3.40. The van der Waals surface area contributed by atoms with Gasteiger partial charge in [-0.25, -0.2) is 37.0 Å². The van der Waals surface area contributed by atoms with E-state index in [9.17, 15) is 43.9 Å². The van der Waals surface area contributed by atoms with Gasteiger partial charge in [-0.3, -0.25) is 22.5 Å². The van der Waals surface area contributed by atoms with Crippen LogP contribution in [-0.2, 0) is 41.5 Å². The fraction of sp³-hybridized carbons (Fsp3) is 0.125. The molecule has 394 valence electrons. The fourth-order valence-corrected chi connectivity index (χ4v) is 9.74. The second-order valence-corrected chi connectivity index (χ2v) is 18.8. The SMILES string of the molecule is CCCCCC.ClCCl.Fc1[c-]c(F)c(F)c(F)c1F.Fc1[c-]c(F)c(F)c(F)c1F.[I-].[Pd+2].[Pt+2].c1ccc(P(c2ccccc2)c2cccc3ccc4cccnc4c23)cc1.c1ccc([P-]c2ccccc2)cc1. The summed E-state index contributed by atoms with van der Waals surface area (Å²) in [5.74, 6) is -20.1. The molecule has 0 aliphatic carbocycles. The molecule has 0 spiro atoms. The minimum Gasteiger partial charge on any atom is -1.00 e. The molecule has 1 nitrogen and oxygen atoms in total. The van der Waals surface area contributed by atoms with Crippen LogP contribution in [0.15, 0.2) is 170 Å². The maximum atomic E-state index is 12.0. The van der Waals surface area contributed by atoms with E-state index in [-0.39, 0.29) is 70.8 Å². The average molecular weight is 1480 g/mol. The molecule has 0 bridgehead atoms. The number of rotatable bonds is 8. The molecule has 0 radical (unpaired) electrons. The monoisotopic (exact) mass is 1480 g/mol. The molecule has 0 saturated heterocycles. The van der Waals surface area contributed by atoms with E-state index in [1.807, 2.05) is 24.4 Å². The van der Waals surface area contributed by atoms with E-state index in [4.69, 9.17) is 28.2 Å². The number of alkyl halides is 2. The van der Waals surface area contributed by atoms with E-state index in [2.05, 4.69) is 159 Å². The van der Waals surface area contributed by atoms with Crippen LogP contribution >= 0.6 is 39.7 Å². The van der Waals surface area contributed by atoms with Crippen LogP contribution in [0.1, 0.15) is 39.5 Å². The topological polar surface area (TPSA) is 12.9 Å². The number of hydrogen-bond acceptors (Lipinski definition) is 1. The van der Waals surface area contributed by atoms with Gasteiger partial charge in [-0.2, -0.15) is 0 Å². The predicted octanol–water partition coefficient (Wildman–Crippen LogP) is 13.1. The molecule has 8 aromatic carbocycles. The van der Waals surface area contributed by atoms with Crippen LogP contribution in [0.3, 0.4) is 0 Å². The van der Waals surface area contributed by atoms with E-state index in [1.165, 1.54) is 76.9 Å². The van der Waals surface area contributed by atoms with Crippen LogP contribution in [0.2, 0.25) is 0 Å². The van der Waals surface area contributed by atoms with Crippen molar-refractivity contribution in [1.29, 1.82) is 0 Å². The number of benzene rings is 8. The fourth-order valence-electron chi connectivity index (χ4n) is 6.31. The molecule has 0 N–H and O–H groups in total. The third-order valence-electron chi connectivity index (χ3n) is 9.57. The summed E-state index contributed by atoms with van der Waals surface area (Å²) in [4.78, 5) is 4.75. The molecule has 18 heteroatoms. The van der Waals surface area contributed by atoms with E-state index >= 15 is 0 Å². The van der Waals surface area contributed by atoms with E-state index in [0.717, 1.165) is 17.6 Å². The Hall–Kier alpha value is -3.75. The second-order valence-electron chi connectivity index (χ2n) is 14.5. The minimum absolute atomic E-state index is 0. The van der Waals surface area contributed by atoms with Crippen molar-refractivity contribution in [3.05, 3.63) is 240 Å². The summed E-state index contributed by atoms with van der Waals surface area (Å²) < 4.78 is 120. The Morgan fingerprint density at radius 3 is 1.19 bits per heavy atom. The summed E-state index contributed by atoms with van der Waals surface area (Å²) in [6.07, 6.45) is 7.43. The minimum atomic E-state index is -2.17. The Bertz CT molecular complexity index is 2820. The van der Waals surface area contributed by atoms with Crippen LogP contribution in [0, 0.1) is 70.3 Å². The molecular weight excluding hydrogens is 1440 g/mol. The summed E-state index contributed by atoms with van der Waals surface area (Å²) in [5, 5.41) is 10.7. The van der Waals surface area contributed by atoms with Crippen molar-refractivity contribution < 1.29 is 109 Å². The quantitative estimate of drug-likeness (QED) is 0.0141. The number of pyridine rings is 1. The van der Waals surface area contributed by atoms with Crippen LogP contribution in [0.4, 0.5) is 43.9 Å². The molecule has 0 aliphatic rings. The zero-order chi connectivity index (χ0) is 51.7. The van der Waals surface area contributed by atoms with Gasteiger partial charge in [-0.15, -0.1) is 35.3 Å². The largest absolute Gasteiger partial charge is 2.00 e. The molecule has 9 rings (SSSR count). The molecule has 74 heavy (non-hydrogen) atoms. The smallest absolute Gasteiger partial charge is 1.00 e. The van der Waals surface area contributed by atoms with Gasteiger partial charge < -0.3 is 32.6 Å². The van der Waals surface area contributed by atoms with Crippen LogP contribution in [0.25, 0.3) is 21.7 Å². The van der Waals surface area contributed by atoms with Gasteiger partial charge in [-0.05, 0) is 35.3 Å². The van der Waals surface area contributed by atoms with Gasteiger partial charge in [-0.1, -0.05) is 197 Å². The van der Waals surface area contributed by atoms with Gasteiger partial charge in [0.05, 0.1) is 69.0 Å². The number of unbranched alkanes of at least 4 members (excludes halogenated alkanes) is 3. The van der Waals surface area contributed by atoms with E-state index in [1.54, 1.807) is 0 Å². The van der Waals surface area contributed by atoms with Gasteiger partial charge in [0, 0.05) is 17.0 Å². The molecule has 0 atom stereocenters. The van der Waals surface area contributed by atoms with Gasteiger partial charge in [0.15, 0.2) is 0 Å². The van der Waals surface area contributed by atoms with Crippen molar-refractivity contribution >= 4 is 87.9 Å². The molecule has 9 aromatic rings. The van der Waals surface area contributed by atoms with Gasteiger partial charge in [0.25, 0.3) is 0 Å². The van der Waals surface area contributed by atoms with Gasteiger partial charge in [0.2, 0.25) is 0 Å². The second kappa shape index (κ2) is 37.1. The Morgan fingerprint density at radius 1 is 0.459 bits per heavy atom. The Kier molecular flexibility index (Phi) is 34.2. The molecule has 0 aliphatic heterocycles. The van der Waals surface area contributed by atoms with E-state index < -0.39 is 66.1 Å². The number of halogens is 13. The van der Waals surface area contributed by atoms with Crippen molar-refractivity contribution in [3.8, 4) is 0 Å². The molecule has 1 aromatic heterocycles. The van der Waals surface area contributed by atoms with Crippen molar-refractivity contribution in [1.82, 2.24) is 4.98 Å². The first-order valence-corrected chi connectivity index (χ1v) is 25.0. The van der Waals surface area contributed by atoms with Gasteiger partial charge >= 0.3 is 41.5 Å².